The molecule has 2 aromatic rings. The van der Waals surface area contributed by atoms with Gasteiger partial charge >= 0.3 is 0 Å². The van der Waals surface area contributed by atoms with Crippen LogP contribution < -0.4 is 10.6 Å². The van der Waals surface area contributed by atoms with Gasteiger partial charge in [0.2, 0.25) is 16.9 Å². The zero-order valence-electron chi connectivity index (χ0n) is 15.5. The molecule has 1 heterocycles. The highest BCUT2D eigenvalue weighted by Gasteiger charge is 2.26. The number of benzene rings is 1. The highest BCUT2D eigenvalue weighted by Crippen LogP contribution is 2.26. The highest BCUT2D eigenvalue weighted by molar-refractivity contribution is 7.18. The molecule has 140 valence electrons. The molecule has 2 rings (SSSR count). The molecule has 1 aromatic carbocycles. The van der Waals surface area contributed by atoms with Gasteiger partial charge in [-0.1, -0.05) is 75.3 Å². The minimum absolute atomic E-state index is 0.0297. The van der Waals surface area contributed by atoms with Gasteiger partial charge < -0.3 is 5.32 Å². The zero-order valence-corrected chi connectivity index (χ0v) is 16.3. The summed E-state index contributed by atoms with van der Waals surface area (Å²) in [5, 5.41) is 15.0. The Morgan fingerprint density at radius 1 is 1.15 bits per heavy atom. The lowest BCUT2D eigenvalue weighted by molar-refractivity contribution is -0.127. The lowest BCUT2D eigenvalue weighted by Crippen LogP contribution is -2.47. The second-order valence-corrected chi connectivity index (χ2v) is 7.28. The fourth-order valence-electron chi connectivity index (χ4n) is 2.44. The van der Waals surface area contributed by atoms with Crippen LogP contribution in [-0.2, 0) is 9.59 Å². The van der Waals surface area contributed by atoms with Gasteiger partial charge in [0.1, 0.15) is 11.0 Å². The predicted octanol–water partition coefficient (Wildman–Crippen LogP) is 3.86. The number of carbonyl (C=O) groups excluding carboxylic acids is 2. The Morgan fingerprint density at radius 3 is 2.54 bits per heavy atom. The van der Waals surface area contributed by atoms with E-state index in [1.54, 1.807) is 0 Å². The molecule has 0 bridgehead atoms. The van der Waals surface area contributed by atoms with E-state index in [2.05, 4.69) is 20.8 Å². The van der Waals surface area contributed by atoms with Crippen LogP contribution in [0.3, 0.4) is 0 Å². The molecule has 6 nitrogen and oxygen atoms in total. The van der Waals surface area contributed by atoms with Crippen molar-refractivity contribution in [2.75, 3.05) is 5.32 Å². The third kappa shape index (κ3) is 5.62. The third-order valence-corrected chi connectivity index (χ3v) is 5.13. The second kappa shape index (κ2) is 10.0. The smallest absolute Gasteiger partial charge is 0.249 e. The summed E-state index contributed by atoms with van der Waals surface area (Å²) < 4.78 is 0. The van der Waals surface area contributed by atoms with Gasteiger partial charge in [-0.05, 0) is 12.3 Å². The monoisotopic (exact) mass is 374 g/mol. The van der Waals surface area contributed by atoms with E-state index in [0.29, 0.717) is 11.6 Å². The number of nitrogens with one attached hydrogen (secondary N) is 2. The van der Waals surface area contributed by atoms with Gasteiger partial charge in [-0.2, -0.15) is 0 Å². The SMILES string of the molecule is CCCCC(=O)N[C@@H](C(=O)Nc1nnc(-c2ccccc2)s1)[C@@H](C)CC. The second-order valence-electron chi connectivity index (χ2n) is 6.30. The summed E-state index contributed by atoms with van der Waals surface area (Å²) in [7, 11) is 0. The van der Waals surface area contributed by atoms with Crippen molar-refractivity contribution in [1.82, 2.24) is 15.5 Å². The average molecular weight is 375 g/mol. The first-order valence-corrected chi connectivity index (χ1v) is 9.85. The van der Waals surface area contributed by atoms with Crippen LogP contribution in [0.15, 0.2) is 30.3 Å². The van der Waals surface area contributed by atoms with Crippen LogP contribution in [0.25, 0.3) is 10.6 Å². The van der Waals surface area contributed by atoms with Crippen LogP contribution >= 0.6 is 11.3 Å². The van der Waals surface area contributed by atoms with Gasteiger partial charge in [-0.15, -0.1) is 10.2 Å². The maximum Gasteiger partial charge on any atom is 0.249 e. The molecule has 0 spiro atoms. The van der Waals surface area contributed by atoms with Crippen molar-refractivity contribution < 1.29 is 9.59 Å². The van der Waals surface area contributed by atoms with Crippen molar-refractivity contribution >= 4 is 28.3 Å². The van der Waals surface area contributed by atoms with Gasteiger partial charge in [0, 0.05) is 12.0 Å². The van der Waals surface area contributed by atoms with Crippen molar-refractivity contribution in [3.05, 3.63) is 30.3 Å². The first-order chi connectivity index (χ1) is 12.5. The fraction of sp³-hybridized carbons (Fsp3) is 0.474. The van der Waals surface area contributed by atoms with Crippen LogP contribution in [-0.4, -0.2) is 28.1 Å². The number of hydrogen-bond donors (Lipinski definition) is 2. The molecule has 2 amide bonds. The lowest BCUT2D eigenvalue weighted by Gasteiger charge is -2.22. The topological polar surface area (TPSA) is 84.0 Å². The molecule has 0 aliphatic heterocycles. The standard InChI is InChI=1S/C19H26N4O2S/c1-4-6-12-15(24)20-16(13(3)5-2)17(25)21-19-23-22-18(26-19)14-10-8-7-9-11-14/h7-11,13,16H,4-6,12H2,1-3H3,(H,20,24)(H,21,23,25)/t13-,16+/m0/s1. The molecule has 0 saturated carbocycles. The molecule has 7 heteroatoms. The third-order valence-electron chi connectivity index (χ3n) is 4.25. The van der Waals surface area contributed by atoms with E-state index in [1.165, 1.54) is 11.3 Å². The average Bonchev–Trinajstić information content (AvgIpc) is 3.12. The molecule has 0 aliphatic rings. The first kappa shape index (κ1) is 20.0. The Kier molecular flexibility index (Phi) is 7.72. The number of nitrogens with zero attached hydrogens (tertiary/aromatic N) is 2. The van der Waals surface area contributed by atoms with Gasteiger partial charge in [0.15, 0.2) is 0 Å². The Balaban J connectivity index is 2.04. The molecule has 0 aliphatic carbocycles. The Bertz CT molecular complexity index is 717. The Labute approximate surface area is 158 Å². The van der Waals surface area contributed by atoms with Crippen LogP contribution in [0.1, 0.15) is 46.5 Å². The molecule has 0 saturated heterocycles. The van der Waals surface area contributed by atoms with Crippen molar-refractivity contribution in [3.8, 4) is 10.6 Å². The number of anilines is 1. The molecule has 0 fully saturated rings. The summed E-state index contributed by atoms with van der Waals surface area (Å²) in [6.07, 6.45) is 2.99. The Hall–Kier alpha value is -2.28. The van der Waals surface area contributed by atoms with E-state index >= 15 is 0 Å². The minimum atomic E-state index is -0.576. The van der Waals surface area contributed by atoms with E-state index in [4.69, 9.17) is 0 Å². The maximum atomic E-state index is 12.7. The predicted molar refractivity (Wildman–Crippen MR) is 105 cm³/mol. The minimum Gasteiger partial charge on any atom is -0.344 e. The molecular formula is C19H26N4O2S. The van der Waals surface area contributed by atoms with E-state index < -0.39 is 6.04 Å². The van der Waals surface area contributed by atoms with E-state index in [9.17, 15) is 9.59 Å². The number of carbonyl (C=O) groups is 2. The van der Waals surface area contributed by atoms with Crippen LogP contribution in [0.5, 0.6) is 0 Å². The molecular weight excluding hydrogens is 348 g/mol. The normalized spacial score (nSPS) is 13.0. The quantitative estimate of drug-likeness (QED) is 0.698. The fourth-order valence-corrected chi connectivity index (χ4v) is 3.19. The number of aromatic nitrogens is 2. The number of unbranched alkanes of at least 4 members (excludes halogenated alkanes) is 1. The van der Waals surface area contributed by atoms with Crippen LogP contribution in [0.2, 0.25) is 0 Å². The molecule has 1 aromatic heterocycles. The number of hydrogen-bond acceptors (Lipinski definition) is 5. The molecule has 2 N–H and O–H groups in total. The van der Waals surface area contributed by atoms with Crippen molar-refractivity contribution in [3.63, 3.8) is 0 Å². The summed E-state index contributed by atoms with van der Waals surface area (Å²) in [6, 6.07) is 9.11. The molecule has 0 radical (unpaired) electrons. The van der Waals surface area contributed by atoms with E-state index in [0.717, 1.165) is 29.8 Å². The van der Waals surface area contributed by atoms with E-state index in [1.807, 2.05) is 51.1 Å². The summed E-state index contributed by atoms with van der Waals surface area (Å²) in [4.78, 5) is 24.7. The van der Waals surface area contributed by atoms with Crippen molar-refractivity contribution in [2.24, 2.45) is 5.92 Å². The van der Waals surface area contributed by atoms with Crippen LogP contribution in [0.4, 0.5) is 5.13 Å². The number of rotatable bonds is 9. The molecule has 0 unspecified atom stereocenters. The first-order valence-electron chi connectivity index (χ1n) is 9.04. The summed E-state index contributed by atoms with van der Waals surface area (Å²) in [5.74, 6) is -0.309. The van der Waals surface area contributed by atoms with Gasteiger partial charge in [0.05, 0.1) is 0 Å². The largest absolute Gasteiger partial charge is 0.344 e. The van der Waals surface area contributed by atoms with Gasteiger partial charge in [-0.25, -0.2) is 0 Å². The van der Waals surface area contributed by atoms with Crippen LogP contribution in [0, 0.1) is 5.92 Å². The van der Waals surface area contributed by atoms with Crippen molar-refractivity contribution in [1.29, 1.82) is 0 Å². The van der Waals surface area contributed by atoms with Gasteiger partial charge in [0.25, 0.3) is 0 Å². The zero-order chi connectivity index (χ0) is 18.9. The van der Waals surface area contributed by atoms with Crippen molar-refractivity contribution in [2.45, 2.75) is 52.5 Å². The Morgan fingerprint density at radius 2 is 1.88 bits per heavy atom. The number of amides is 2. The highest BCUT2D eigenvalue weighted by atomic mass is 32.1. The summed E-state index contributed by atoms with van der Waals surface area (Å²) >= 11 is 1.32. The molecule has 2 atom stereocenters. The molecule has 26 heavy (non-hydrogen) atoms. The van der Waals surface area contributed by atoms with Gasteiger partial charge in [-0.3, -0.25) is 14.9 Å². The summed E-state index contributed by atoms with van der Waals surface area (Å²) in [6.45, 7) is 5.99. The van der Waals surface area contributed by atoms with E-state index in [-0.39, 0.29) is 17.7 Å². The maximum absolute atomic E-state index is 12.7. The summed E-state index contributed by atoms with van der Waals surface area (Å²) in [5.41, 5.74) is 0.955. The lowest BCUT2D eigenvalue weighted by atomic mass is 9.98.